The molecule has 2 aliphatic rings. The molecule has 5 rings (SSSR count). The third kappa shape index (κ3) is 6.06. The van der Waals surface area contributed by atoms with Crippen molar-refractivity contribution in [3.8, 4) is 5.75 Å². The van der Waals surface area contributed by atoms with Crippen molar-refractivity contribution in [3.05, 3.63) is 82.9 Å². The third-order valence-electron chi connectivity index (χ3n) is 7.98. The lowest BCUT2D eigenvalue weighted by molar-refractivity contribution is -0.143. The fourth-order valence-electron chi connectivity index (χ4n) is 5.80. The predicted molar refractivity (Wildman–Crippen MR) is 160 cm³/mol. The van der Waals surface area contributed by atoms with E-state index in [0.29, 0.717) is 37.6 Å². The van der Waals surface area contributed by atoms with Crippen LogP contribution in [0.4, 0.5) is 21.9 Å². The number of rotatable bonds is 9. The molecule has 0 aromatic heterocycles. The van der Waals surface area contributed by atoms with E-state index in [1.54, 1.807) is 18.1 Å². The van der Waals surface area contributed by atoms with Gasteiger partial charge in [-0.2, -0.15) is 0 Å². The molecule has 3 aromatic rings. The second kappa shape index (κ2) is 12.5. The normalized spacial score (nSPS) is 14.3. The number of hydrogen-bond acceptors (Lipinski definition) is 5. The second-order valence-corrected chi connectivity index (χ2v) is 10.5. The van der Waals surface area contributed by atoms with Gasteiger partial charge < -0.3 is 19.7 Å². The number of carbonyl (C=O) groups excluding carboxylic acids is 3. The Kier molecular flexibility index (Phi) is 8.57. The molecule has 3 amide bonds. The molecule has 0 fully saturated rings. The van der Waals surface area contributed by atoms with Gasteiger partial charge in [-0.05, 0) is 78.6 Å². The molecule has 0 saturated carbocycles. The van der Waals surface area contributed by atoms with Crippen LogP contribution in [-0.4, -0.2) is 44.7 Å². The molecule has 2 aliphatic heterocycles. The van der Waals surface area contributed by atoms with Gasteiger partial charge in [0.1, 0.15) is 5.75 Å². The molecule has 0 radical (unpaired) electrons. The largest absolute Gasteiger partial charge is 0.495 e. The van der Waals surface area contributed by atoms with Crippen LogP contribution in [0.15, 0.2) is 60.7 Å². The van der Waals surface area contributed by atoms with Gasteiger partial charge in [0, 0.05) is 24.5 Å². The minimum absolute atomic E-state index is 0.00239. The number of urea groups is 1. The van der Waals surface area contributed by atoms with Gasteiger partial charge in [0.05, 0.1) is 32.2 Å². The molecular formula is C33H37N3O5. The number of para-hydroxylation sites is 1. The van der Waals surface area contributed by atoms with Crippen LogP contribution in [0.1, 0.15) is 54.9 Å². The summed E-state index contributed by atoms with van der Waals surface area (Å²) in [6, 6.07) is 19.3. The lowest BCUT2D eigenvalue weighted by Crippen LogP contribution is -2.33. The average molecular weight is 556 g/mol. The van der Waals surface area contributed by atoms with Crippen molar-refractivity contribution in [2.45, 2.75) is 51.9 Å². The molecule has 2 heterocycles. The summed E-state index contributed by atoms with van der Waals surface area (Å²) in [5.41, 5.74) is 6.60. The molecule has 1 unspecified atom stereocenters. The summed E-state index contributed by atoms with van der Waals surface area (Å²) in [6.45, 7) is 5.52. The summed E-state index contributed by atoms with van der Waals surface area (Å²) in [4.78, 5) is 42.0. The zero-order chi connectivity index (χ0) is 28.9. The van der Waals surface area contributed by atoms with Gasteiger partial charge in [0.25, 0.3) is 0 Å². The number of hydrogen-bond donors (Lipinski definition) is 1. The first-order valence-electron chi connectivity index (χ1n) is 14.3. The van der Waals surface area contributed by atoms with Crippen LogP contribution in [0.2, 0.25) is 0 Å². The summed E-state index contributed by atoms with van der Waals surface area (Å²) in [5, 5.41) is 2.97. The van der Waals surface area contributed by atoms with Gasteiger partial charge in [-0.25, -0.2) is 4.79 Å². The number of fused-ring (bicyclic) bond motifs is 2. The minimum atomic E-state index is -0.210. The number of carbonyl (C=O) groups is 3. The Morgan fingerprint density at radius 3 is 2.44 bits per heavy atom. The number of ether oxygens (including phenoxy) is 2. The molecule has 0 saturated heterocycles. The van der Waals surface area contributed by atoms with E-state index in [1.807, 2.05) is 60.4 Å². The van der Waals surface area contributed by atoms with Gasteiger partial charge in [-0.3, -0.25) is 14.5 Å². The Morgan fingerprint density at radius 2 is 1.66 bits per heavy atom. The first-order valence-corrected chi connectivity index (χ1v) is 14.3. The molecule has 1 N–H and O–H groups in total. The fraction of sp³-hybridized carbons (Fsp3) is 0.364. The van der Waals surface area contributed by atoms with Crippen LogP contribution in [0.25, 0.3) is 0 Å². The fourth-order valence-corrected chi connectivity index (χ4v) is 5.80. The van der Waals surface area contributed by atoms with Crippen LogP contribution in [0, 0.1) is 0 Å². The van der Waals surface area contributed by atoms with E-state index in [9.17, 15) is 14.4 Å². The SMILES string of the molecule is CCOC(=O)CC(CC)c1ccc2c(c1)CCN2C(=O)Cc1ccc(NC(=O)N2CCc3ccccc32)c(OC)c1. The molecule has 1 atom stereocenters. The Balaban J connectivity index is 1.24. The highest BCUT2D eigenvalue weighted by Crippen LogP contribution is 2.35. The Labute approximate surface area is 241 Å². The molecule has 0 bridgehead atoms. The topological polar surface area (TPSA) is 88.2 Å². The molecular weight excluding hydrogens is 518 g/mol. The lowest BCUT2D eigenvalue weighted by Gasteiger charge is -2.21. The maximum absolute atomic E-state index is 13.4. The summed E-state index contributed by atoms with van der Waals surface area (Å²) in [6.07, 6.45) is 3.01. The van der Waals surface area contributed by atoms with Crippen molar-refractivity contribution in [1.29, 1.82) is 0 Å². The zero-order valence-corrected chi connectivity index (χ0v) is 23.9. The van der Waals surface area contributed by atoms with Crippen molar-refractivity contribution in [1.82, 2.24) is 0 Å². The molecule has 8 heteroatoms. The van der Waals surface area contributed by atoms with Crippen molar-refractivity contribution in [3.63, 3.8) is 0 Å². The maximum atomic E-state index is 13.4. The number of esters is 1. The predicted octanol–water partition coefficient (Wildman–Crippen LogP) is 5.87. The summed E-state index contributed by atoms with van der Waals surface area (Å²) >= 11 is 0. The summed E-state index contributed by atoms with van der Waals surface area (Å²) < 4.78 is 10.7. The Morgan fingerprint density at radius 1 is 0.902 bits per heavy atom. The average Bonchev–Trinajstić information content (AvgIpc) is 3.61. The van der Waals surface area contributed by atoms with Crippen LogP contribution in [-0.2, 0) is 33.6 Å². The number of amides is 3. The van der Waals surface area contributed by atoms with Crippen LogP contribution in [0.3, 0.4) is 0 Å². The lowest BCUT2D eigenvalue weighted by atomic mass is 9.91. The maximum Gasteiger partial charge on any atom is 0.326 e. The van der Waals surface area contributed by atoms with E-state index < -0.39 is 0 Å². The van der Waals surface area contributed by atoms with E-state index >= 15 is 0 Å². The Hall–Kier alpha value is -4.33. The molecule has 8 nitrogen and oxygen atoms in total. The number of nitrogens with zero attached hydrogens (tertiary/aromatic N) is 2. The van der Waals surface area contributed by atoms with Crippen molar-refractivity contribution in [2.24, 2.45) is 0 Å². The van der Waals surface area contributed by atoms with Crippen molar-refractivity contribution >= 4 is 35.0 Å². The van der Waals surface area contributed by atoms with Gasteiger partial charge in [0.2, 0.25) is 5.91 Å². The summed E-state index contributed by atoms with van der Waals surface area (Å²) in [7, 11) is 1.56. The standard InChI is InChI=1S/C33H37N3O5/c1-4-23(21-32(38)41-5-2)25-11-13-29-26(20-25)15-16-35(29)31(37)19-22-10-12-27(30(18-22)40-3)34-33(39)36-17-14-24-8-6-7-9-28(24)36/h6-13,18,20,23H,4-5,14-17,19,21H2,1-3H3,(H,34,39). The smallest absolute Gasteiger partial charge is 0.326 e. The highest BCUT2D eigenvalue weighted by atomic mass is 16.5. The number of nitrogens with one attached hydrogen (secondary N) is 1. The van der Waals surface area contributed by atoms with E-state index in [-0.39, 0.29) is 30.2 Å². The monoisotopic (exact) mass is 555 g/mol. The van der Waals surface area contributed by atoms with Crippen molar-refractivity contribution < 1.29 is 23.9 Å². The van der Waals surface area contributed by atoms with Crippen LogP contribution in [0.5, 0.6) is 5.75 Å². The van der Waals surface area contributed by atoms with Gasteiger partial charge in [-0.15, -0.1) is 0 Å². The molecule has 3 aromatic carbocycles. The van der Waals surface area contributed by atoms with E-state index in [4.69, 9.17) is 9.47 Å². The number of methoxy groups -OCH3 is 1. The molecule has 214 valence electrons. The minimum Gasteiger partial charge on any atom is -0.495 e. The molecule has 0 aliphatic carbocycles. The zero-order valence-electron chi connectivity index (χ0n) is 23.9. The van der Waals surface area contributed by atoms with Gasteiger partial charge in [0.15, 0.2) is 0 Å². The van der Waals surface area contributed by atoms with E-state index in [1.165, 1.54) is 0 Å². The van der Waals surface area contributed by atoms with E-state index in [0.717, 1.165) is 52.9 Å². The quantitative estimate of drug-likeness (QED) is 0.334. The highest BCUT2D eigenvalue weighted by Gasteiger charge is 2.27. The summed E-state index contributed by atoms with van der Waals surface area (Å²) in [5.74, 6) is 0.423. The Bertz CT molecular complexity index is 1450. The molecule has 41 heavy (non-hydrogen) atoms. The number of anilines is 3. The third-order valence-corrected chi connectivity index (χ3v) is 7.98. The van der Waals surface area contributed by atoms with E-state index in [2.05, 4.69) is 18.3 Å². The number of benzene rings is 3. The van der Waals surface area contributed by atoms with Gasteiger partial charge in [-0.1, -0.05) is 43.3 Å². The first-order chi connectivity index (χ1) is 19.9. The first kappa shape index (κ1) is 28.2. The van der Waals surface area contributed by atoms with Gasteiger partial charge >= 0.3 is 12.0 Å². The van der Waals surface area contributed by atoms with Crippen LogP contribution >= 0.6 is 0 Å². The van der Waals surface area contributed by atoms with Crippen LogP contribution < -0.4 is 19.9 Å². The molecule has 0 spiro atoms. The highest BCUT2D eigenvalue weighted by molar-refractivity contribution is 6.04. The van der Waals surface area contributed by atoms with Crippen molar-refractivity contribution in [2.75, 3.05) is 41.9 Å². The second-order valence-electron chi connectivity index (χ2n) is 10.5.